The van der Waals surface area contributed by atoms with Crippen LogP contribution in [0.1, 0.15) is 18.1 Å². The summed E-state index contributed by atoms with van der Waals surface area (Å²) in [5.41, 5.74) is -0.562. The Balaban J connectivity index is 1.88. The number of halogens is 3. The van der Waals surface area contributed by atoms with Crippen LogP contribution < -0.4 is 10.1 Å². The van der Waals surface area contributed by atoms with Crippen LogP contribution in [0.4, 0.5) is 18.9 Å². The smallest absolute Gasteiger partial charge is 0.418 e. The van der Waals surface area contributed by atoms with Gasteiger partial charge in [0.25, 0.3) is 5.91 Å². The molecule has 146 valence electrons. The lowest BCUT2D eigenvalue weighted by molar-refractivity contribution is -0.137. The SMILES string of the molecule is CCOc1cc(/C=C2/SC(=Nc3ccccc3C(F)(F)F)NC2=O)ccc1O. The zero-order valence-corrected chi connectivity index (χ0v) is 15.4. The third-order valence-corrected chi connectivity index (χ3v) is 4.57. The van der Waals surface area contributed by atoms with Gasteiger partial charge in [-0.25, -0.2) is 4.99 Å². The molecule has 1 saturated heterocycles. The van der Waals surface area contributed by atoms with E-state index in [0.29, 0.717) is 12.2 Å². The predicted octanol–water partition coefficient (Wildman–Crippen LogP) is 4.70. The number of carbonyl (C=O) groups excluding carboxylic acids is 1. The lowest BCUT2D eigenvalue weighted by Crippen LogP contribution is -2.19. The molecule has 0 saturated carbocycles. The van der Waals surface area contributed by atoms with E-state index in [-0.39, 0.29) is 27.3 Å². The minimum atomic E-state index is -4.55. The number of rotatable bonds is 4. The van der Waals surface area contributed by atoms with Gasteiger partial charge in [0, 0.05) is 0 Å². The van der Waals surface area contributed by atoms with Crippen LogP contribution in [0.2, 0.25) is 0 Å². The number of aromatic hydroxyl groups is 1. The van der Waals surface area contributed by atoms with Gasteiger partial charge in [-0.15, -0.1) is 0 Å². The number of benzene rings is 2. The fourth-order valence-corrected chi connectivity index (χ4v) is 3.28. The maximum atomic E-state index is 13.1. The minimum absolute atomic E-state index is 0.0291. The number of phenolic OH excluding ortho intramolecular Hbond substituents is 1. The van der Waals surface area contributed by atoms with Gasteiger partial charge in [0.2, 0.25) is 0 Å². The largest absolute Gasteiger partial charge is 0.504 e. The maximum absolute atomic E-state index is 13.1. The van der Waals surface area contributed by atoms with Crippen molar-refractivity contribution in [2.24, 2.45) is 4.99 Å². The second-order valence-corrected chi connectivity index (χ2v) is 6.69. The highest BCUT2D eigenvalue weighted by atomic mass is 32.2. The first-order valence-electron chi connectivity index (χ1n) is 8.19. The second-order valence-electron chi connectivity index (χ2n) is 5.66. The molecule has 2 N–H and O–H groups in total. The number of hydrogen-bond acceptors (Lipinski definition) is 5. The van der Waals surface area contributed by atoms with Crippen LogP contribution in [0.15, 0.2) is 52.4 Å². The van der Waals surface area contributed by atoms with Crippen molar-refractivity contribution in [3.63, 3.8) is 0 Å². The van der Waals surface area contributed by atoms with Crippen molar-refractivity contribution in [2.45, 2.75) is 13.1 Å². The molecule has 0 radical (unpaired) electrons. The van der Waals surface area contributed by atoms with Gasteiger partial charge >= 0.3 is 6.18 Å². The van der Waals surface area contributed by atoms with Crippen LogP contribution in [0, 0.1) is 0 Å². The molecule has 3 rings (SSSR count). The number of nitrogens with one attached hydrogen (secondary N) is 1. The summed E-state index contributed by atoms with van der Waals surface area (Å²) >= 11 is 0.931. The molecule has 1 aliphatic heterocycles. The number of carbonyl (C=O) groups is 1. The van der Waals surface area contributed by atoms with Crippen molar-refractivity contribution < 1.29 is 27.8 Å². The number of para-hydroxylation sites is 1. The number of aliphatic imine (C=N–C) groups is 1. The summed E-state index contributed by atoms with van der Waals surface area (Å²) in [5.74, 6) is -0.230. The highest BCUT2D eigenvalue weighted by molar-refractivity contribution is 8.18. The topological polar surface area (TPSA) is 70.9 Å². The van der Waals surface area contributed by atoms with Gasteiger partial charge in [0.15, 0.2) is 16.7 Å². The number of alkyl halides is 3. The molecule has 1 heterocycles. The quantitative estimate of drug-likeness (QED) is 0.720. The Labute approximate surface area is 162 Å². The highest BCUT2D eigenvalue weighted by Crippen LogP contribution is 2.37. The van der Waals surface area contributed by atoms with E-state index in [2.05, 4.69) is 10.3 Å². The number of nitrogens with zero attached hydrogens (tertiary/aromatic N) is 1. The molecule has 9 heteroatoms. The van der Waals surface area contributed by atoms with E-state index in [1.165, 1.54) is 24.3 Å². The second kappa shape index (κ2) is 7.97. The van der Waals surface area contributed by atoms with Gasteiger partial charge in [0.05, 0.1) is 22.8 Å². The zero-order valence-electron chi connectivity index (χ0n) is 14.6. The average Bonchev–Trinajstić information content (AvgIpc) is 2.96. The van der Waals surface area contributed by atoms with Crippen molar-refractivity contribution in [2.75, 3.05) is 6.61 Å². The van der Waals surface area contributed by atoms with E-state index in [0.717, 1.165) is 17.8 Å². The summed E-state index contributed by atoms with van der Waals surface area (Å²) < 4.78 is 44.6. The molecule has 0 aliphatic carbocycles. The molecule has 1 fully saturated rings. The number of ether oxygens (including phenoxy) is 1. The van der Waals surface area contributed by atoms with E-state index in [1.54, 1.807) is 25.1 Å². The van der Waals surface area contributed by atoms with Gasteiger partial charge in [-0.2, -0.15) is 13.2 Å². The Bertz CT molecular complexity index is 971. The van der Waals surface area contributed by atoms with Gasteiger partial charge in [-0.1, -0.05) is 18.2 Å². The third kappa shape index (κ3) is 4.48. The summed E-state index contributed by atoms with van der Waals surface area (Å²) in [7, 11) is 0. The van der Waals surface area contributed by atoms with E-state index >= 15 is 0 Å². The van der Waals surface area contributed by atoms with Crippen LogP contribution in [0.25, 0.3) is 6.08 Å². The first-order chi connectivity index (χ1) is 13.3. The molecule has 0 spiro atoms. The lowest BCUT2D eigenvalue weighted by atomic mass is 10.2. The van der Waals surface area contributed by atoms with Crippen LogP contribution in [0.5, 0.6) is 11.5 Å². The molecular weight excluding hydrogens is 393 g/mol. The molecule has 2 aromatic rings. The Morgan fingerprint density at radius 2 is 2.00 bits per heavy atom. The van der Waals surface area contributed by atoms with Crippen molar-refractivity contribution in [1.29, 1.82) is 0 Å². The number of amides is 1. The first kappa shape index (κ1) is 19.8. The highest BCUT2D eigenvalue weighted by Gasteiger charge is 2.34. The molecule has 0 atom stereocenters. The molecule has 1 aliphatic rings. The van der Waals surface area contributed by atoms with Gasteiger partial charge in [0.1, 0.15) is 0 Å². The lowest BCUT2D eigenvalue weighted by Gasteiger charge is -2.09. The zero-order chi connectivity index (χ0) is 20.3. The fourth-order valence-electron chi connectivity index (χ4n) is 2.44. The van der Waals surface area contributed by atoms with Crippen LogP contribution in [-0.2, 0) is 11.0 Å². The summed E-state index contributed by atoms with van der Waals surface area (Å²) in [4.78, 5) is 16.4. The molecule has 0 aromatic heterocycles. The Hall–Kier alpha value is -2.94. The Morgan fingerprint density at radius 3 is 2.71 bits per heavy atom. The van der Waals surface area contributed by atoms with Crippen molar-refractivity contribution >= 4 is 34.6 Å². The van der Waals surface area contributed by atoms with Gasteiger partial charge in [-0.05, 0) is 54.6 Å². The minimum Gasteiger partial charge on any atom is -0.504 e. The summed E-state index contributed by atoms with van der Waals surface area (Å²) in [6.45, 7) is 2.13. The molecule has 28 heavy (non-hydrogen) atoms. The van der Waals surface area contributed by atoms with E-state index in [9.17, 15) is 23.1 Å². The number of amidine groups is 1. The number of thioether (sulfide) groups is 1. The Morgan fingerprint density at radius 1 is 1.25 bits per heavy atom. The third-order valence-electron chi connectivity index (χ3n) is 3.66. The number of phenols is 1. The summed E-state index contributed by atoms with van der Waals surface area (Å²) in [6.07, 6.45) is -3.01. The van der Waals surface area contributed by atoms with E-state index in [4.69, 9.17) is 4.74 Å². The molecular formula is C19H15F3N2O3S. The number of hydrogen-bond donors (Lipinski definition) is 2. The van der Waals surface area contributed by atoms with Crippen molar-refractivity contribution in [3.8, 4) is 11.5 Å². The molecule has 1 amide bonds. The average molecular weight is 408 g/mol. The maximum Gasteiger partial charge on any atom is 0.418 e. The van der Waals surface area contributed by atoms with Crippen LogP contribution in [-0.4, -0.2) is 22.8 Å². The standard InChI is InChI=1S/C19H15F3N2O3S/c1-2-27-15-9-11(7-8-14(15)25)10-16-17(26)24-18(28-16)23-13-6-4-3-5-12(13)19(20,21)22/h3-10,25H,2H2,1H3,(H,23,24,26)/b16-10+. The fraction of sp³-hybridized carbons (Fsp3) is 0.158. The van der Waals surface area contributed by atoms with E-state index in [1.807, 2.05) is 0 Å². The van der Waals surface area contributed by atoms with Gasteiger partial charge < -0.3 is 15.2 Å². The predicted molar refractivity (Wildman–Crippen MR) is 102 cm³/mol. The van der Waals surface area contributed by atoms with E-state index < -0.39 is 17.6 Å². The normalized spacial score (nSPS) is 17.2. The monoisotopic (exact) mass is 408 g/mol. The summed E-state index contributed by atoms with van der Waals surface area (Å²) in [6, 6.07) is 9.48. The van der Waals surface area contributed by atoms with Crippen LogP contribution in [0.3, 0.4) is 0 Å². The Kier molecular flexibility index (Phi) is 5.64. The van der Waals surface area contributed by atoms with Crippen molar-refractivity contribution in [3.05, 3.63) is 58.5 Å². The molecule has 0 unspecified atom stereocenters. The molecule has 5 nitrogen and oxygen atoms in total. The van der Waals surface area contributed by atoms with Crippen molar-refractivity contribution in [1.82, 2.24) is 5.32 Å². The molecule has 2 aromatic carbocycles. The molecule has 0 bridgehead atoms. The first-order valence-corrected chi connectivity index (χ1v) is 9.01. The summed E-state index contributed by atoms with van der Waals surface area (Å²) in [5, 5.41) is 12.2. The van der Waals surface area contributed by atoms with Gasteiger partial charge in [-0.3, -0.25) is 4.79 Å². The van der Waals surface area contributed by atoms with Crippen LogP contribution >= 0.6 is 11.8 Å².